The maximum absolute atomic E-state index is 12.2. The standard InChI is InChI=1S/C15H22N2O4/c1-15(2,10-9-13(18)19)16-14(20)17(3)11-5-7-12(21-4)8-6-11/h5-8H,9-10H2,1-4H3,(H,16,20)(H,18,19). The summed E-state index contributed by atoms with van der Waals surface area (Å²) in [6.45, 7) is 3.60. The minimum atomic E-state index is -0.874. The Morgan fingerprint density at radius 1 is 1.29 bits per heavy atom. The molecule has 0 atom stereocenters. The number of anilines is 1. The number of nitrogens with zero attached hydrogens (tertiary/aromatic N) is 1. The number of nitrogens with one attached hydrogen (secondary N) is 1. The number of aliphatic carboxylic acids is 1. The van der Waals surface area contributed by atoms with Crippen LogP contribution in [0.4, 0.5) is 10.5 Å². The Bertz CT molecular complexity index is 497. The number of carbonyl (C=O) groups excluding carboxylic acids is 1. The molecule has 1 aromatic carbocycles. The van der Waals surface area contributed by atoms with Gasteiger partial charge in [-0.1, -0.05) is 0 Å². The van der Waals surface area contributed by atoms with E-state index in [4.69, 9.17) is 9.84 Å². The van der Waals surface area contributed by atoms with Gasteiger partial charge in [-0.25, -0.2) is 4.79 Å². The molecule has 0 radical (unpaired) electrons. The summed E-state index contributed by atoms with van der Waals surface area (Å²) in [6.07, 6.45) is 0.379. The first-order valence-corrected chi connectivity index (χ1v) is 6.67. The van der Waals surface area contributed by atoms with Crippen molar-refractivity contribution in [3.8, 4) is 5.75 Å². The van der Waals surface area contributed by atoms with E-state index < -0.39 is 11.5 Å². The minimum Gasteiger partial charge on any atom is -0.497 e. The highest BCUT2D eigenvalue weighted by Gasteiger charge is 2.23. The highest BCUT2D eigenvalue weighted by atomic mass is 16.5. The molecule has 0 fully saturated rings. The quantitative estimate of drug-likeness (QED) is 0.845. The summed E-state index contributed by atoms with van der Waals surface area (Å²) in [6, 6.07) is 6.82. The number of carboxylic acids is 1. The van der Waals surface area contributed by atoms with Crippen LogP contribution in [0.15, 0.2) is 24.3 Å². The number of urea groups is 1. The van der Waals surface area contributed by atoms with E-state index in [1.165, 1.54) is 4.90 Å². The molecule has 0 spiro atoms. The molecule has 0 bridgehead atoms. The van der Waals surface area contributed by atoms with Gasteiger partial charge in [0.2, 0.25) is 0 Å². The van der Waals surface area contributed by atoms with Crippen molar-refractivity contribution in [1.82, 2.24) is 5.32 Å². The molecule has 0 aromatic heterocycles. The summed E-state index contributed by atoms with van der Waals surface area (Å²) in [5.41, 5.74) is 0.137. The van der Waals surface area contributed by atoms with Crippen LogP contribution >= 0.6 is 0 Å². The first-order chi connectivity index (χ1) is 9.75. The lowest BCUT2D eigenvalue weighted by molar-refractivity contribution is -0.137. The molecular weight excluding hydrogens is 272 g/mol. The molecule has 0 aliphatic carbocycles. The maximum atomic E-state index is 12.2. The van der Waals surface area contributed by atoms with Gasteiger partial charge in [-0.3, -0.25) is 9.69 Å². The van der Waals surface area contributed by atoms with Gasteiger partial charge in [-0.2, -0.15) is 0 Å². The summed E-state index contributed by atoms with van der Waals surface area (Å²) in [5, 5.41) is 11.5. The van der Waals surface area contributed by atoms with Crippen molar-refractivity contribution in [2.75, 3.05) is 19.1 Å². The van der Waals surface area contributed by atoms with E-state index in [9.17, 15) is 9.59 Å². The Labute approximate surface area is 124 Å². The number of methoxy groups -OCH3 is 1. The zero-order valence-corrected chi connectivity index (χ0v) is 12.8. The number of ether oxygens (including phenoxy) is 1. The Morgan fingerprint density at radius 3 is 2.33 bits per heavy atom. The SMILES string of the molecule is COc1ccc(N(C)C(=O)NC(C)(C)CCC(=O)O)cc1. The maximum Gasteiger partial charge on any atom is 0.322 e. The van der Waals surface area contributed by atoms with Crippen molar-refractivity contribution in [2.45, 2.75) is 32.2 Å². The van der Waals surface area contributed by atoms with Gasteiger partial charge in [0.25, 0.3) is 0 Å². The molecular formula is C15H22N2O4. The number of benzene rings is 1. The van der Waals surface area contributed by atoms with E-state index in [-0.39, 0.29) is 12.5 Å². The van der Waals surface area contributed by atoms with Crippen LogP contribution in [-0.4, -0.2) is 36.8 Å². The smallest absolute Gasteiger partial charge is 0.322 e. The monoisotopic (exact) mass is 294 g/mol. The van der Waals surface area contributed by atoms with Crippen LogP contribution < -0.4 is 15.0 Å². The zero-order valence-electron chi connectivity index (χ0n) is 12.8. The van der Waals surface area contributed by atoms with E-state index in [2.05, 4.69) is 5.32 Å². The normalized spacial score (nSPS) is 10.9. The molecule has 0 heterocycles. The number of amides is 2. The van der Waals surface area contributed by atoms with Crippen LogP contribution in [0.3, 0.4) is 0 Å². The Hall–Kier alpha value is -2.24. The molecule has 1 rings (SSSR count). The molecule has 2 N–H and O–H groups in total. The molecule has 0 unspecified atom stereocenters. The highest BCUT2D eigenvalue weighted by Crippen LogP contribution is 2.19. The third kappa shape index (κ3) is 5.33. The number of hydrogen-bond donors (Lipinski definition) is 2. The number of rotatable bonds is 6. The molecule has 2 amide bonds. The van der Waals surface area contributed by atoms with Crippen LogP contribution in [-0.2, 0) is 4.79 Å². The summed E-state index contributed by atoms with van der Waals surface area (Å²) in [7, 11) is 3.24. The minimum absolute atomic E-state index is 0.0134. The molecule has 116 valence electrons. The van der Waals surface area contributed by atoms with Crippen molar-refractivity contribution in [2.24, 2.45) is 0 Å². The van der Waals surface area contributed by atoms with Crippen molar-refractivity contribution >= 4 is 17.7 Å². The van der Waals surface area contributed by atoms with Crippen LogP contribution in [0, 0.1) is 0 Å². The Morgan fingerprint density at radius 2 is 1.86 bits per heavy atom. The third-order valence-corrected chi connectivity index (χ3v) is 3.17. The van der Waals surface area contributed by atoms with Crippen LogP contribution in [0.2, 0.25) is 0 Å². The molecule has 0 saturated heterocycles. The average molecular weight is 294 g/mol. The molecule has 0 saturated carbocycles. The molecule has 6 nitrogen and oxygen atoms in total. The van der Waals surface area contributed by atoms with Crippen molar-refractivity contribution in [1.29, 1.82) is 0 Å². The number of hydrogen-bond acceptors (Lipinski definition) is 3. The Balaban J connectivity index is 2.66. The fourth-order valence-electron chi connectivity index (χ4n) is 1.78. The fraction of sp³-hybridized carbons (Fsp3) is 0.467. The lowest BCUT2D eigenvalue weighted by atomic mass is 9.99. The van der Waals surface area contributed by atoms with Crippen LogP contribution in [0.1, 0.15) is 26.7 Å². The topological polar surface area (TPSA) is 78.9 Å². The number of carboxylic acid groups (broad SMARTS) is 1. The fourth-order valence-corrected chi connectivity index (χ4v) is 1.78. The first-order valence-electron chi connectivity index (χ1n) is 6.67. The second-order valence-corrected chi connectivity index (χ2v) is 5.46. The van der Waals surface area contributed by atoms with Gasteiger partial charge in [0, 0.05) is 24.7 Å². The molecule has 0 aliphatic heterocycles. The van der Waals surface area contributed by atoms with E-state index in [1.807, 2.05) is 0 Å². The van der Waals surface area contributed by atoms with E-state index in [1.54, 1.807) is 52.3 Å². The van der Waals surface area contributed by atoms with Crippen molar-refractivity contribution in [3.05, 3.63) is 24.3 Å². The van der Waals surface area contributed by atoms with Crippen LogP contribution in [0.5, 0.6) is 5.75 Å². The van der Waals surface area contributed by atoms with Gasteiger partial charge in [-0.05, 0) is 44.5 Å². The lowest BCUT2D eigenvalue weighted by Gasteiger charge is -2.29. The third-order valence-electron chi connectivity index (χ3n) is 3.17. The molecule has 6 heteroatoms. The highest BCUT2D eigenvalue weighted by molar-refractivity contribution is 5.91. The molecule has 0 aliphatic rings. The summed E-state index contributed by atoms with van der Waals surface area (Å²) >= 11 is 0. The number of carbonyl (C=O) groups is 2. The van der Waals surface area contributed by atoms with Gasteiger partial charge in [0.05, 0.1) is 7.11 Å². The second-order valence-electron chi connectivity index (χ2n) is 5.46. The molecule has 21 heavy (non-hydrogen) atoms. The molecule has 1 aromatic rings. The van der Waals surface area contributed by atoms with Gasteiger partial charge < -0.3 is 15.2 Å². The summed E-state index contributed by atoms with van der Waals surface area (Å²) in [5.74, 6) is -0.157. The van der Waals surface area contributed by atoms with Gasteiger partial charge in [-0.15, -0.1) is 0 Å². The average Bonchev–Trinajstić information content (AvgIpc) is 2.44. The first kappa shape index (κ1) is 16.8. The predicted octanol–water partition coefficient (Wildman–Crippen LogP) is 2.48. The van der Waals surface area contributed by atoms with E-state index in [0.29, 0.717) is 12.2 Å². The van der Waals surface area contributed by atoms with E-state index >= 15 is 0 Å². The van der Waals surface area contributed by atoms with Crippen molar-refractivity contribution < 1.29 is 19.4 Å². The largest absolute Gasteiger partial charge is 0.497 e. The summed E-state index contributed by atoms with van der Waals surface area (Å²) < 4.78 is 5.07. The van der Waals surface area contributed by atoms with E-state index in [0.717, 1.165) is 5.69 Å². The van der Waals surface area contributed by atoms with Crippen molar-refractivity contribution in [3.63, 3.8) is 0 Å². The zero-order chi connectivity index (χ0) is 16.0. The van der Waals surface area contributed by atoms with Gasteiger partial charge >= 0.3 is 12.0 Å². The lowest BCUT2D eigenvalue weighted by Crippen LogP contribution is -2.49. The van der Waals surface area contributed by atoms with Crippen LogP contribution in [0.25, 0.3) is 0 Å². The van der Waals surface area contributed by atoms with Gasteiger partial charge in [0.15, 0.2) is 0 Å². The summed E-state index contributed by atoms with van der Waals surface area (Å²) in [4.78, 5) is 24.3. The second kappa shape index (κ2) is 6.97. The van der Waals surface area contributed by atoms with Gasteiger partial charge in [0.1, 0.15) is 5.75 Å². The predicted molar refractivity (Wildman–Crippen MR) is 80.9 cm³/mol. The Kier molecular flexibility index (Phi) is 5.58.